The molecule has 1 heterocycles. The molecule has 1 aliphatic heterocycles. The van der Waals surface area contributed by atoms with E-state index in [0.29, 0.717) is 12.5 Å². The van der Waals surface area contributed by atoms with Gasteiger partial charge < -0.3 is 10.0 Å². The number of carbonyl (C=O) groups excluding carboxylic acids is 1. The predicted molar refractivity (Wildman–Crippen MR) is 72.7 cm³/mol. The molecular weight excluding hydrogens is 242 g/mol. The van der Waals surface area contributed by atoms with Crippen molar-refractivity contribution in [2.75, 3.05) is 0 Å². The van der Waals surface area contributed by atoms with Crippen molar-refractivity contribution in [3.05, 3.63) is 0 Å². The normalized spacial score (nSPS) is 35.4. The van der Waals surface area contributed by atoms with Crippen molar-refractivity contribution in [3.8, 4) is 0 Å². The van der Waals surface area contributed by atoms with Crippen LogP contribution < -0.4 is 0 Å². The zero-order valence-electron chi connectivity index (χ0n) is 12.0. The summed E-state index contributed by atoms with van der Waals surface area (Å²) < 4.78 is 0. The molecule has 0 aromatic rings. The maximum Gasteiger partial charge on any atom is 0.307 e. The molecule has 0 bridgehead atoms. The number of hydrogen-bond acceptors (Lipinski definition) is 2. The lowest BCUT2D eigenvalue weighted by atomic mass is 9.78. The maximum absolute atomic E-state index is 12.8. The molecule has 1 saturated carbocycles. The minimum absolute atomic E-state index is 0.101. The third kappa shape index (κ3) is 2.77. The van der Waals surface area contributed by atoms with Gasteiger partial charge in [-0.3, -0.25) is 9.59 Å². The van der Waals surface area contributed by atoms with Crippen molar-refractivity contribution in [2.24, 2.45) is 11.8 Å². The zero-order valence-corrected chi connectivity index (χ0v) is 12.0. The number of rotatable bonds is 3. The van der Waals surface area contributed by atoms with Crippen LogP contribution in [-0.4, -0.2) is 34.0 Å². The van der Waals surface area contributed by atoms with E-state index in [4.69, 9.17) is 0 Å². The molecule has 4 atom stereocenters. The van der Waals surface area contributed by atoms with Crippen LogP contribution in [0.25, 0.3) is 0 Å². The van der Waals surface area contributed by atoms with E-state index in [9.17, 15) is 14.7 Å². The number of carboxylic acid groups (broad SMARTS) is 1. The summed E-state index contributed by atoms with van der Waals surface area (Å²) in [7, 11) is 0. The summed E-state index contributed by atoms with van der Waals surface area (Å²) in [5.41, 5.74) is 0. The fourth-order valence-corrected chi connectivity index (χ4v) is 3.78. The van der Waals surface area contributed by atoms with Crippen LogP contribution in [0.2, 0.25) is 0 Å². The monoisotopic (exact) mass is 267 g/mol. The minimum Gasteiger partial charge on any atom is -0.481 e. The Kier molecular flexibility index (Phi) is 4.48. The largest absolute Gasteiger partial charge is 0.481 e. The van der Waals surface area contributed by atoms with Crippen molar-refractivity contribution >= 4 is 11.9 Å². The number of carboxylic acids is 1. The van der Waals surface area contributed by atoms with Crippen molar-refractivity contribution in [1.29, 1.82) is 0 Å². The second kappa shape index (κ2) is 5.93. The first-order valence-electron chi connectivity index (χ1n) is 7.61. The molecule has 0 aromatic heterocycles. The number of likely N-dealkylation sites (tertiary alicyclic amines) is 1. The topological polar surface area (TPSA) is 57.6 Å². The first kappa shape index (κ1) is 14.4. The third-order valence-electron chi connectivity index (χ3n) is 4.91. The molecule has 0 aromatic carbocycles. The number of amides is 1. The Labute approximate surface area is 115 Å². The van der Waals surface area contributed by atoms with Crippen LogP contribution in [0.15, 0.2) is 0 Å². The third-order valence-corrected chi connectivity index (χ3v) is 4.91. The van der Waals surface area contributed by atoms with Crippen molar-refractivity contribution in [2.45, 2.75) is 70.9 Å². The van der Waals surface area contributed by atoms with E-state index in [0.717, 1.165) is 38.5 Å². The van der Waals surface area contributed by atoms with Crippen LogP contribution in [0.4, 0.5) is 0 Å². The Morgan fingerprint density at radius 1 is 1.11 bits per heavy atom. The highest BCUT2D eigenvalue weighted by Crippen LogP contribution is 2.35. The summed E-state index contributed by atoms with van der Waals surface area (Å²) in [6, 6.07) is 0.590. The lowest BCUT2D eigenvalue weighted by Gasteiger charge is -2.35. The molecule has 19 heavy (non-hydrogen) atoms. The summed E-state index contributed by atoms with van der Waals surface area (Å²) in [6.07, 6.45) is 6.41. The van der Waals surface area contributed by atoms with Gasteiger partial charge in [-0.15, -0.1) is 0 Å². The first-order chi connectivity index (χ1) is 9.06. The first-order valence-corrected chi connectivity index (χ1v) is 7.61. The van der Waals surface area contributed by atoms with Gasteiger partial charge in [0.2, 0.25) is 5.91 Å². The molecule has 2 rings (SSSR count). The van der Waals surface area contributed by atoms with Crippen LogP contribution in [0.3, 0.4) is 0 Å². The minimum atomic E-state index is -0.794. The average molecular weight is 267 g/mol. The second-order valence-corrected chi connectivity index (χ2v) is 6.07. The van der Waals surface area contributed by atoms with Crippen LogP contribution in [0.5, 0.6) is 0 Å². The maximum atomic E-state index is 12.8. The van der Waals surface area contributed by atoms with Gasteiger partial charge in [-0.05, 0) is 39.0 Å². The summed E-state index contributed by atoms with van der Waals surface area (Å²) in [5.74, 6) is -1.45. The Morgan fingerprint density at radius 2 is 1.74 bits per heavy atom. The van der Waals surface area contributed by atoms with Crippen LogP contribution in [0, 0.1) is 11.8 Å². The van der Waals surface area contributed by atoms with Gasteiger partial charge in [-0.2, -0.15) is 0 Å². The Bertz CT molecular complexity index is 355. The molecule has 0 radical (unpaired) electrons. The van der Waals surface area contributed by atoms with Gasteiger partial charge >= 0.3 is 5.97 Å². The molecule has 2 fully saturated rings. The smallest absolute Gasteiger partial charge is 0.307 e. The van der Waals surface area contributed by atoms with Crippen molar-refractivity contribution < 1.29 is 14.7 Å². The predicted octanol–water partition coefficient (Wildman–Crippen LogP) is 2.67. The van der Waals surface area contributed by atoms with E-state index in [1.54, 1.807) is 0 Å². The van der Waals surface area contributed by atoms with E-state index in [-0.39, 0.29) is 17.9 Å². The van der Waals surface area contributed by atoms with E-state index in [1.165, 1.54) is 0 Å². The number of carbonyl (C=O) groups is 2. The molecule has 1 amide bonds. The lowest BCUT2D eigenvalue weighted by Crippen LogP contribution is -2.47. The second-order valence-electron chi connectivity index (χ2n) is 6.07. The molecule has 0 spiro atoms. The molecule has 4 unspecified atom stereocenters. The van der Waals surface area contributed by atoms with Gasteiger partial charge in [-0.1, -0.05) is 19.8 Å². The SMILES string of the molecule is CCC1CCC(C)N1C(=O)C1CCCCC1C(=O)O. The molecule has 1 saturated heterocycles. The Balaban J connectivity index is 2.14. The quantitative estimate of drug-likeness (QED) is 0.855. The number of hydrogen-bond donors (Lipinski definition) is 1. The molecule has 4 nitrogen and oxygen atoms in total. The van der Waals surface area contributed by atoms with Gasteiger partial charge in [0.15, 0.2) is 0 Å². The van der Waals surface area contributed by atoms with E-state index in [2.05, 4.69) is 13.8 Å². The van der Waals surface area contributed by atoms with E-state index in [1.807, 2.05) is 4.90 Å². The highest BCUT2D eigenvalue weighted by molar-refractivity contribution is 5.85. The fraction of sp³-hybridized carbons (Fsp3) is 0.867. The van der Waals surface area contributed by atoms with E-state index < -0.39 is 11.9 Å². The van der Waals surface area contributed by atoms with Crippen molar-refractivity contribution in [1.82, 2.24) is 4.90 Å². The van der Waals surface area contributed by atoms with Crippen LogP contribution in [-0.2, 0) is 9.59 Å². The van der Waals surface area contributed by atoms with Gasteiger partial charge in [-0.25, -0.2) is 0 Å². The molecular formula is C15H25NO3. The van der Waals surface area contributed by atoms with Gasteiger partial charge in [0.1, 0.15) is 0 Å². The van der Waals surface area contributed by atoms with Gasteiger partial charge in [0.25, 0.3) is 0 Å². The van der Waals surface area contributed by atoms with Crippen LogP contribution in [0.1, 0.15) is 58.8 Å². The molecule has 2 aliphatic rings. The average Bonchev–Trinajstić information content (AvgIpc) is 2.79. The standard InChI is InChI=1S/C15H25NO3/c1-3-11-9-8-10(2)16(11)14(17)12-6-4-5-7-13(12)15(18)19/h10-13H,3-9H2,1-2H3,(H,18,19). The molecule has 108 valence electrons. The molecule has 1 N–H and O–H groups in total. The lowest BCUT2D eigenvalue weighted by molar-refractivity contribution is -0.153. The molecule has 4 heteroatoms. The summed E-state index contributed by atoms with van der Waals surface area (Å²) in [5, 5.41) is 9.32. The molecule has 1 aliphatic carbocycles. The van der Waals surface area contributed by atoms with E-state index >= 15 is 0 Å². The summed E-state index contributed by atoms with van der Waals surface area (Å²) in [4.78, 5) is 26.1. The van der Waals surface area contributed by atoms with Gasteiger partial charge in [0.05, 0.1) is 11.8 Å². The number of aliphatic carboxylic acids is 1. The Hall–Kier alpha value is -1.06. The Morgan fingerprint density at radius 3 is 2.32 bits per heavy atom. The van der Waals surface area contributed by atoms with Gasteiger partial charge in [0, 0.05) is 12.1 Å². The highest BCUT2D eigenvalue weighted by atomic mass is 16.4. The van der Waals surface area contributed by atoms with Crippen LogP contribution >= 0.6 is 0 Å². The highest BCUT2D eigenvalue weighted by Gasteiger charge is 2.42. The summed E-state index contributed by atoms with van der Waals surface area (Å²) in [6.45, 7) is 4.20. The fourth-order valence-electron chi connectivity index (χ4n) is 3.78. The van der Waals surface area contributed by atoms with Crippen molar-refractivity contribution in [3.63, 3.8) is 0 Å². The number of nitrogens with zero attached hydrogens (tertiary/aromatic N) is 1. The summed E-state index contributed by atoms with van der Waals surface area (Å²) >= 11 is 0. The zero-order chi connectivity index (χ0) is 14.0.